The lowest BCUT2D eigenvalue weighted by molar-refractivity contribution is 0.0690. The highest BCUT2D eigenvalue weighted by Crippen LogP contribution is 2.25. The van der Waals surface area contributed by atoms with Crippen molar-refractivity contribution >= 4 is 29.2 Å². The van der Waals surface area contributed by atoms with Crippen LogP contribution in [0, 0.1) is 0 Å². The van der Waals surface area contributed by atoms with Gasteiger partial charge in [0.15, 0.2) is 5.69 Å². The summed E-state index contributed by atoms with van der Waals surface area (Å²) in [4.78, 5) is 10.9. The molecule has 0 amide bonds. The third-order valence-corrected chi connectivity index (χ3v) is 3.25. The maximum absolute atomic E-state index is 10.9. The zero-order valence-electron chi connectivity index (χ0n) is 9.52. The Balaban J connectivity index is 2.55. The molecule has 0 spiro atoms. The second-order valence-corrected chi connectivity index (χ2v) is 4.50. The van der Waals surface area contributed by atoms with Gasteiger partial charge in [0, 0.05) is 5.69 Å². The molecule has 0 unspecified atom stereocenters. The van der Waals surface area contributed by atoms with E-state index in [0.717, 1.165) is 5.69 Å². The molecule has 0 fully saturated rings. The number of nitrogens with zero attached hydrogens (tertiary/aromatic N) is 2. The van der Waals surface area contributed by atoms with Gasteiger partial charge in [-0.15, -0.1) is 0 Å². The molecule has 4 nitrogen and oxygen atoms in total. The molecule has 2 aromatic rings. The molecule has 0 atom stereocenters. The summed E-state index contributed by atoms with van der Waals surface area (Å²) in [5, 5.41) is 13.8. The first-order chi connectivity index (χ1) is 8.52. The maximum atomic E-state index is 10.9. The fourth-order valence-corrected chi connectivity index (χ4v) is 1.91. The summed E-state index contributed by atoms with van der Waals surface area (Å²) in [5.41, 5.74) is 1.50. The number of hydrogen-bond donors (Lipinski definition) is 1. The Morgan fingerprint density at radius 3 is 2.61 bits per heavy atom. The van der Waals surface area contributed by atoms with Crippen LogP contribution < -0.4 is 0 Å². The number of carbonyl (C=O) groups is 1. The Hall–Kier alpha value is -1.52. The zero-order chi connectivity index (χ0) is 13.3. The van der Waals surface area contributed by atoms with Crippen molar-refractivity contribution in [3.63, 3.8) is 0 Å². The van der Waals surface area contributed by atoms with Crippen LogP contribution in [0.5, 0.6) is 0 Å². The van der Waals surface area contributed by atoms with E-state index in [1.807, 2.05) is 6.92 Å². The van der Waals surface area contributed by atoms with E-state index in [-0.39, 0.29) is 5.69 Å². The lowest BCUT2D eigenvalue weighted by Crippen LogP contribution is -2.03. The number of carboxylic acids is 1. The number of hydrogen-bond acceptors (Lipinski definition) is 2. The van der Waals surface area contributed by atoms with Gasteiger partial charge in [0.25, 0.3) is 0 Å². The first kappa shape index (κ1) is 12.9. The number of benzene rings is 1. The van der Waals surface area contributed by atoms with Crippen LogP contribution in [-0.4, -0.2) is 20.9 Å². The highest BCUT2D eigenvalue weighted by molar-refractivity contribution is 6.42. The van der Waals surface area contributed by atoms with Gasteiger partial charge in [-0.1, -0.05) is 30.1 Å². The first-order valence-corrected chi connectivity index (χ1v) is 6.06. The summed E-state index contributed by atoms with van der Waals surface area (Å²) in [6, 6.07) is 6.60. The molecule has 6 heteroatoms. The van der Waals surface area contributed by atoms with E-state index in [0.29, 0.717) is 22.2 Å². The molecule has 0 bridgehead atoms. The van der Waals surface area contributed by atoms with Gasteiger partial charge >= 0.3 is 5.97 Å². The average molecular weight is 285 g/mol. The van der Waals surface area contributed by atoms with E-state index in [4.69, 9.17) is 28.3 Å². The first-order valence-electron chi connectivity index (χ1n) is 5.30. The standard InChI is InChI=1S/C12H10Cl2N2O2/c1-2-7-6-11(12(17)18)15-16(7)8-3-4-9(13)10(14)5-8/h3-6H,2H2,1H3,(H,17,18). The number of aryl methyl sites for hydroxylation is 1. The molecule has 1 heterocycles. The minimum absolute atomic E-state index is 0.0120. The summed E-state index contributed by atoms with van der Waals surface area (Å²) < 4.78 is 1.56. The van der Waals surface area contributed by atoms with Crippen LogP contribution in [0.25, 0.3) is 5.69 Å². The number of carboxylic acid groups (broad SMARTS) is 1. The third-order valence-electron chi connectivity index (χ3n) is 2.51. The Bertz CT molecular complexity index is 608. The lowest BCUT2D eigenvalue weighted by Gasteiger charge is -2.06. The molecular formula is C12H10Cl2N2O2. The summed E-state index contributed by atoms with van der Waals surface area (Å²) >= 11 is 11.8. The Kier molecular flexibility index (Phi) is 3.59. The molecule has 0 aliphatic rings. The van der Waals surface area contributed by atoms with E-state index < -0.39 is 5.97 Å². The Labute approximate surface area is 114 Å². The summed E-state index contributed by atoms with van der Waals surface area (Å²) in [7, 11) is 0. The molecule has 0 aliphatic carbocycles. The average Bonchev–Trinajstić information content (AvgIpc) is 2.77. The van der Waals surface area contributed by atoms with E-state index in [1.54, 1.807) is 28.9 Å². The summed E-state index contributed by atoms with van der Waals surface area (Å²) in [6.45, 7) is 1.93. The maximum Gasteiger partial charge on any atom is 0.356 e. The van der Waals surface area contributed by atoms with Gasteiger partial charge in [0.05, 0.1) is 15.7 Å². The molecule has 18 heavy (non-hydrogen) atoms. The normalized spacial score (nSPS) is 10.6. The van der Waals surface area contributed by atoms with Crippen LogP contribution in [0.2, 0.25) is 10.0 Å². The van der Waals surface area contributed by atoms with Crippen molar-refractivity contribution < 1.29 is 9.90 Å². The summed E-state index contributed by atoms with van der Waals surface area (Å²) in [5.74, 6) is -1.05. The smallest absolute Gasteiger partial charge is 0.356 e. The molecule has 0 saturated heterocycles. The van der Waals surface area contributed by atoms with Crippen LogP contribution in [0.3, 0.4) is 0 Å². The number of aromatic carboxylic acids is 1. The van der Waals surface area contributed by atoms with E-state index >= 15 is 0 Å². The minimum Gasteiger partial charge on any atom is -0.476 e. The van der Waals surface area contributed by atoms with Crippen LogP contribution in [0.1, 0.15) is 23.1 Å². The van der Waals surface area contributed by atoms with Gasteiger partial charge in [-0.05, 0) is 30.7 Å². The van der Waals surface area contributed by atoms with Gasteiger partial charge in [-0.2, -0.15) is 5.10 Å². The van der Waals surface area contributed by atoms with Crippen molar-refractivity contribution in [1.82, 2.24) is 9.78 Å². The predicted octanol–water partition coefficient (Wildman–Crippen LogP) is 3.44. The van der Waals surface area contributed by atoms with Crippen molar-refractivity contribution in [2.75, 3.05) is 0 Å². The van der Waals surface area contributed by atoms with Crippen LogP contribution in [0.15, 0.2) is 24.3 Å². The molecule has 0 aliphatic heterocycles. The van der Waals surface area contributed by atoms with Gasteiger partial charge in [-0.25, -0.2) is 9.48 Å². The molecule has 1 N–H and O–H groups in total. The van der Waals surface area contributed by atoms with Gasteiger partial charge in [0.2, 0.25) is 0 Å². The van der Waals surface area contributed by atoms with E-state index in [2.05, 4.69) is 5.10 Å². The monoisotopic (exact) mass is 284 g/mol. The minimum atomic E-state index is -1.05. The lowest BCUT2D eigenvalue weighted by atomic mass is 10.2. The molecule has 94 valence electrons. The topological polar surface area (TPSA) is 55.1 Å². The van der Waals surface area contributed by atoms with Gasteiger partial charge in [0.1, 0.15) is 0 Å². The molecule has 1 aromatic carbocycles. The van der Waals surface area contributed by atoms with E-state index in [9.17, 15) is 4.79 Å². The molecular weight excluding hydrogens is 275 g/mol. The summed E-state index contributed by atoms with van der Waals surface area (Å²) in [6.07, 6.45) is 0.667. The highest BCUT2D eigenvalue weighted by atomic mass is 35.5. The zero-order valence-corrected chi connectivity index (χ0v) is 11.0. The van der Waals surface area contributed by atoms with Gasteiger partial charge in [-0.3, -0.25) is 0 Å². The quantitative estimate of drug-likeness (QED) is 0.939. The molecule has 1 aromatic heterocycles. The fraction of sp³-hybridized carbons (Fsp3) is 0.167. The SMILES string of the molecule is CCc1cc(C(=O)O)nn1-c1ccc(Cl)c(Cl)c1. The van der Waals surface area contributed by atoms with Gasteiger partial charge < -0.3 is 5.11 Å². The number of rotatable bonds is 3. The highest BCUT2D eigenvalue weighted by Gasteiger charge is 2.13. The van der Waals surface area contributed by atoms with Crippen molar-refractivity contribution in [1.29, 1.82) is 0 Å². The predicted molar refractivity (Wildman–Crippen MR) is 69.9 cm³/mol. The Morgan fingerprint density at radius 2 is 2.06 bits per heavy atom. The second-order valence-electron chi connectivity index (χ2n) is 3.69. The van der Waals surface area contributed by atoms with Crippen molar-refractivity contribution in [2.45, 2.75) is 13.3 Å². The van der Waals surface area contributed by atoms with E-state index in [1.165, 1.54) is 0 Å². The molecule has 0 radical (unpaired) electrons. The van der Waals surface area contributed by atoms with Crippen molar-refractivity contribution in [2.24, 2.45) is 0 Å². The van der Waals surface area contributed by atoms with Crippen LogP contribution >= 0.6 is 23.2 Å². The molecule has 2 rings (SSSR count). The largest absolute Gasteiger partial charge is 0.476 e. The second kappa shape index (κ2) is 5.00. The Morgan fingerprint density at radius 1 is 1.33 bits per heavy atom. The van der Waals surface area contributed by atoms with Crippen LogP contribution in [0.4, 0.5) is 0 Å². The van der Waals surface area contributed by atoms with Crippen molar-refractivity contribution in [3.05, 3.63) is 45.7 Å². The molecule has 0 saturated carbocycles. The van der Waals surface area contributed by atoms with Crippen LogP contribution in [-0.2, 0) is 6.42 Å². The fourth-order valence-electron chi connectivity index (χ4n) is 1.62. The van der Waals surface area contributed by atoms with Crippen molar-refractivity contribution in [3.8, 4) is 5.69 Å². The number of aromatic nitrogens is 2. The number of halogens is 2. The third kappa shape index (κ3) is 2.35.